The second kappa shape index (κ2) is 6.71. The molecule has 1 aromatic heterocycles. The van der Waals surface area contributed by atoms with Crippen molar-refractivity contribution in [3.05, 3.63) is 41.4 Å². The zero-order valence-corrected chi connectivity index (χ0v) is 13.8. The number of hydrogen-bond acceptors (Lipinski definition) is 4. The fourth-order valence-corrected chi connectivity index (χ4v) is 3.36. The van der Waals surface area contributed by atoms with Crippen molar-refractivity contribution in [3.63, 3.8) is 0 Å². The Hall–Kier alpha value is -1.53. The van der Waals surface area contributed by atoms with Gasteiger partial charge in [0.15, 0.2) is 0 Å². The molecule has 1 atom stereocenters. The number of aromatic nitrogens is 3. The number of piperidine rings is 1. The third-order valence-electron chi connectivity index (χ3n) is 3.90. The lowest BCUT2D eigenvalue weighted by Crippen LogP contribution is -2.41. The normalized spacial score (nSPS) is 18.5. The van der Waals surface area contributed by atoms with Crippen LogP contribution in [0, 0.1) is 0 Å². The highest BCUT2D eigenvalue weighted by Crippen LogP contribution is 2.27. The van der Waals surface area contributed by atoms with Gasteiger partial charge in [-0.05, 0) is 37.3 Å². The standard InChI is InChI=1S/C15H17ClN4OS/c1-22-12-4-5-14(16)13(7-12)15(21)19-6-2-3-11(8-19)20-10-17-9-18-20/h4-5,7,9-11H,2-3,6,8H2,1H3/t11-/m0/s1. The summed E-state index contributed by atoms with van der Waals surface area (Å²) in [6.07, 6.45) is 7.18. The Balaban J connectivity index is 1.80. The van der Waals surface area contributed by atoms with Crippen LogP contribution < -0.4 is 0 Å². The lowest BCUT2D eigenvalue weighted by molar-refractivity contribution is 0.0672. The van der Waals surface area contributed by atoms with Crippen molar-refractivity contribution in [3.8, 4) is 0 Å². The molecule has 1 aromatic carbocycles. The summed E-state index contributed by atoms with van der Waals surface area (Å²) < 4.78 is 1.83. The molecule has 0 radical (unpaired) electrons. The highest BCUT2D eigenvalue weighted by molar-refractivity contribution is 7.98. The number of carbonyl (C=O) groups excluding carboxylic acids is 1. The van der Waals surface area contributed by atoms with Crippen molar-refractivity contribution < 1.29 is 4.79 Å². The number of thioether (sulfide) groups is 1. The molecule has 3 rings (SSSR count). The van der Waals surface area contributed by atoms with Crippen molar-refractivity contribution in [2.45, 2.75) is 23.8 Å². The molecule has 1 saturated heterocycles. The van der Waals surface area contributed by atoms with Gasteiger partial charge in [-0.1, -0.05) is 11.6 Å². The molecular weight excluding hydrogens is 320 g/mol. The number of halogens is 1. The molecular formula is C15H17ClN4OS. The van der Waals surface area contributed by atoms with E-state index < -0.39 is 0 Å². The Bertz CT molecular complexity index is 662. The quantitative estimate of drug-likeness (QED) is 0.808. The van der Waals surface area contributed by atoms with Crippen LogP contribution in [-0.4, -0.2) is 44.9 Å². The molecule has 0 saturated carbocycles. The zero-order valence-electron chi connectivity index (χ0n) is 12.3. The number of hydrogen-bond donors (Lipinski definition) is 0. The molecule has 22 heavy (non-hydrogen) atoms. The molecule has 0 spiro atoms. The van der Waals surface area contributed by atoms with E-state index in [-0.39, 0.29) is 11.9 Å². The van der Waals surface area contributed by atoms with Gasteiger partial charge in [0.2, 0.25) is 0 Å². The lowest BCUT2D eigenvalue weighted by atomic mass is 10.0. The molecule has 0 bridgehead atoms. The molecule has 1 aliphatic rings. The molecule has 1 aliphatic heterocycles. The van der Waals surface area contributed by atoms with Gasteiger partial charge in [0.1, 0.15) is 12.7 Å². The largest absolute Gasteiger partial charge is 0.336 e. The number of nitrogens with zero attached hydrogens (tertiary/aromatic N) is 4. The molecule has 1 amide bonds. The van der Waals surface area contributed by atoms with Gasteiger partial charge in [-0.3, -0.25) is 4.79 Å². The van der Waals surface area contributed by atoms with Crippen LogP contribution in [0.3, 0.4) is 0 Å². The summed E-state index contributed by atoms with van der Waals surface area (Å²) in [6, 6.07) is 5.77. The monoisotopic (exact) mass is 336 g/mol. The zero-order chi connectivity index (χ0) is 15.5. The van der Waals surface area contributed by atoms with E-state index in [1.807, 2.05) is 28.0 Å². The molecule has 0 unspecified atom stereocenters. The number of amides is 1. The Morgan fingerprint density at radius 2 is 2.32 bits per heavy atom. The fraction of sp³-hybridized carbons (Fsp3) is 0.400. The summed E-state index contributed by atoms with van der Waals surface area (Å²) in [7, 11) is 0. The van der Waals surface area contributed by atoms with E-state index in [9.17, 15) is 4.79 Å². The summed E-state index contributed by atoms with van der Waals surface area (Å²) in [5.74, 6) is -0.00860. The average molecular weight is 337 g/mol. The maximum atomic E-state index is 12.8. The fourth-order valence-electron chi connectivity index (χ4n) is 2.73. The van der Waals surface area contributed by atoms with Crippen LogP contribution in [-0.2, 0) is 0 Å². The Morgan fingerprint density at radius 1 is 1.45 bits per heavy atom. The van der Waals surface area contributed by atoms with Crippen molar-refractivity contribution in [1.29, 1.82) is 0 Å². The summed E-state index contributed by atoms with van der Waals surface area (Å²) in [4.78, 5) is 19.7. The van der Waals surface area contributed by atoms with Gasteiger partial charge in [-0.25, -0.2) is 9.67 Å². The van der Waals surface area contributed by atoms with E-state index in [2.05, 4.69) is 10.1 Å². The third kappa shape index (κ3) is 3.13. The van der Waals surface area contributed by atoms with Crippen molar-refractivity contribution in [2.75, 3.05) is 19.3 Å². The third-order valence-corrected chi connectivity index (χ3v) is 4.95. The predicted molar refractivity (Wildman–Crippen MR) is 87.4 cm³/mol. The Labute approximate surface area is 138 Å². The lowest BCUT2D eigenvalue weighted by Gasteiger charge is -2.32. The second-order valence-corrected chi connectivity index (χ2v) is 6.56. The first-order chi connectivity index (χ1) is 10.7. The predicted octanol–water partition coefficient (Wildman–Crippen LogP) is 3.13. The summed E-state index contributed by atoms with van der Waals surface area (Å²) in [6.45, 7) is 1.39. The topological polar surface area (TPSA) is 51.0 Å². The van der Waals surface area contributed by atoms with Gasteiger partial charge in [0, 0.05) is 18.0 Å². The van der Waals surface area contributed by atoms with E-state index in [0.717, 1.165) is 24.3 Å². The van der Waals surface area contributed by atoms with Crippen LogP contribution >= 0.6 is 23.4 Å². The maximum Gasteiger partial charge on any atom is 0.255 e. The minimum absolute atomic E-state index is 0.00860. The molecule has 1 fully saturated rings. The van der Waals surface area contributed by atoms with Crippen LogP contribution in [0.25, 0.3) is 0 Å². The van der Waals surface area contributed by atoms with Gasteiger partial charge in [-0.2, -0.15) is 5.10 Å². The Kier molecular flexibility index (Phi) is 4.69. The van der Waals surface area contributed by atoms with Gasteiger partial charge >= 0.3 is 0 Å². The maximum absolute atomic E-state index is 12.8. The van der Waals surface area contributed by atoms with Crippen LogP contribution in [0.4, 0.5) is 0 Å². The van der Waals surface area contributed by atoms with Crippen LogP contribution in [0.15, 0.2) is 35.7 Å². The average Bonchev–Trinajstić information content (AvgIpc) is 3.09. The smallest absolute Gasteiger partial charge is 0.255 e. The van der Waals surface area contributed by atoms with E-state index in [1.165, 1.54) is 6.33 Å². The SMILES string of the molecule is CSc1ccc(Cl)c(C(=O)N2CCC[C@H](n3cncn3)C2)c1. The molecule has 2 aromatic rings. The van der Waals surface area contributed by atoms with Gasteiger partial charge in [0.05, 0.1) is 16.6 Å². The van der Waals surface area contributed by atoms with Crippen LogP contribution in [0.1, 0.15) is 29.2 Å². The van der Waals surface area contributed by atoms with Gasteiger partial charge < -0.3 is 4.90 Å². The highest BCUT2D eigenvalue weighted by atomic mass is 35.5. The molecule has 5 nitrogen and oxygen atoms in total. The van der Waals surface area contributed by atoms with Crippen molar-refractivity contribution in [1.82, 2.24) is 19.7 Å². The molecule has 7 heteroatoms. The minimum Gasteiger partial charge on any atom is -0.336 e. The van der Waals surface area contributed by atoms with E-state index in [4.69, 9.17) is 11.6 Å². The van der Waals surface area contributed by atoms with Crippen LogP contribution in [0.2, 0.25) is 5.02 Å². The van der Waals surface area contributed by atoms with E-state index in [0.29, 0.717) is 17.1 Å². The first-order valence-corrected chi connectivity index (χ1v) is 8.76. The number of carbonyl (C=O) groups is 1. The minimum atomic E-state index is -0.00860. The van der Waals surface area contributed by atoms with Crippen LogP contribution in [0.5, 0.6) is 0 Å². The number of rotatable bonds is 3. The molecule has 0 aliphatic carbocycles. The molecule has 116 valence electrons. The number of likely N-dealkylation sites (tertiary alicyclic amines) is 1. The van der Waals surface area contributed by atoms with Crippen molar-refractivity contribution in [2.24, 2.45) is 0 Å². The molecule has 2 heterocycles. The highest BCUT2D eigenvalue weighted by Gasteiger charge is 2.27. The van der Waals surface area contributed by atoms with Gasteiger partial charge in [-0.15, -0.1) is 11.8 Å². The van der Waals surface area contributed by atoms with Crippen molar-refractivity contribution >= 4 is 29.3 Å². The van der Waals surface area contributed by atoms with Gasteiger partial charge in [0.25, 0.3) is 5.91 Å². The van der Waals surface area contributed by atoms with E-state index >= 15 is 0 Å². The first kappa shape index (κ1) is 15.4. The number of benzene rings is 1. The first-order valence-electron chi connectivity index (χ1n) is 7.16. The van der Waals surface area contributed by atoms with E-state index in [1.54, 1.807) is 24.2 Å². The summed E-state index contributed by atoms with van der Waals surface area (Å²) in [5, 5.41) is 4.69. The second-order valence-electron chi connectivity index (χ2n) is 5.27. The summed E-state index contributed by atoms with van der Waals surface area (Å²) in [5.41, 5.74) is 0.577. The molecule has 0 N–H and O–H groups in total. The summed E-state index contributed by atoms with van der Waals surface area (Å²) >= 11 is 7.82. The Morgan fingerprint density at radius 3 is 3.05 bits per heavy atom.